The number of aromatic carboxylic acids is 1. The third-order valence-electron chi connectivity index (χ3n) is 3.34. The summed E-state index contributed by atoms with van der Waals surface area (Å²) in [6, 6.07) is 1.10. The van der Waals surface area contributed by atoms with Gasteiger partial charge in [0.25, 0.3) is 0 Å². The largest absolute Gasteiger partial charge is 0.476 e. The van der Waals surface area contributed by atoms with Crippen molar-refractivity contribution in [3.05, 3.63) is 23.0 Å². The van der Waals surface area contributed by atoms with Gasteiger partial charge < -0.3 is 9.84 Å². The second kappa shape index (κ2) is 5.93. The van der Waals surface area contributed by atoms with Gasteiger partial charge in [0.1, 0.15) is 6.73 Å². The molecule has 5 nitrogen and oxygen atoms in total. The Hall–Kier alpha value is -1.40. The summed E-state index contributed by atoms with van der Waals surface area (Å²) in [5, 5.41) is 13.4. The molecule has 0 amide bonds. The zero-order valence-corrected chi connectivity index (χ0v) is 13.3. The highest BCUT2D eigenvalue weighted by atomic mass is 28.3. The standard InChI is InChI=1S/C14H22N2O3Si/c1-20(2,3)9-8-19-10-16-12-7-5-4-6-11(12)13(15-16)14(17)18/h4,6H,5,7-10H2,1-3H3,(H,17,18). The van der Waals surface area contributed by atoms with Crippen molar-refractivity contribution in [1.82, 2.24) is 9.78 Å². The summed E-state index contributed by atoms with van der Waals surface area (Å²) < 4.78 is 7.37. The van der Waals surface area contributed by atoms with Crippen LogP contribution in [0.4, 0.5) is 0 Å². The second-order valence-corrected chi connectivity index (χ2v) is 11.9. The number of rotatable bonds is 6. The van der Waals surface area contributed by atoms with E-state index in [1.807, 2.05) is 12.2 Å². The lowest BCUT2D eigenvalue weighted by atomic mass is 10.0. The molecule has 0 unspecified atom stereocenters. The summed E-state index contributed by atoms with van der Waals surface area (Å²) in [6.07, 6.45) is 5.59. The van der Waals surface area contributed by atoms with Gasteiger partial charge in [-0.1, -0.05) is 31.8 Å². The number of allylic oxidation sites excluding steroid dienone is 1. The molecular formula is C14H22N2O3Si. The molecule has 0 aliphatic heterocycles. The van der Waals surface area contributed by atoms with Crippen LogP contribution in [0.1, 0.15) is 28.2 Å². The third kappa shape index (κ3) is 3.58. The lowest BCUT2D eigenvalue weighted by molar-refractivity contribution is 0.0668. The predicted octanol–water partition coefficient (Wildman–Crippen LogP) is 2.85. The molecule has 110 valence electrons. The fourth-order valence-corrected chi connectivity index (χ4v) is 2.92. The minimum Gasteiger partial charge on any atom is -0.476 e. The van der Waals surface area contributed by atoms with E-state index in [1.54, 1.807) is 4.68 Å². The summed E-state index contributed by atoms with van der Waals surface area (Å²) in [5.74, 6) is -0.978. The molecule has 1 N–H and O–H groups in total. The minimum atomic E-state index is -1.10. The van der Waals surface area contributed by atoms with E-state index in [0.29, 0.717) is 13.3 Å². The average Bonchev–Trinajstić information content (AvgIpc) is 2.73. The van der Waals surface area contributed by atoms with Crippen molar-refractivity contribution in [2.75, 3.05) is 6.61 Å². The maximum absolute atomic E-state index is 11.2. The first-order chi connectivity index (χ1) is 9.38. The molecule has 1 heterocycles. The zero-order valence-electron chi connectivity index (χ0n) is 12.3. The number of carbonyl (C=O) groups is 1. The average molecular weight is 294 g/mol. The molecule has 6 heteroatoms. The Bertz CT molecular complexity index is 529. The smallest absolute Gasteiger partial charge is 0.357 e. The van der Waals surface area contributed by atoms with Gasteiger partial charge >= 0.3 is 5.97 Å². The van der Waals surface area contributed by atoms with Crippen LogP contribution in [0, 0.1) is 0 Å². The van der Waals surface area contributed by atoms with Crippen LogP contribution in [0.5, 0.6) is 0 Å². The van der Waals surface area contributed by atoms with Crippen LogP contribution in [0.25, 0.3) is 6.08 Å². The number of aromatic nitrogens is 2. The summed E-state index contributed by atoms with van der Waals surface area (Å²) >= 11 is 0. The van der Waals surface area contributed by atoms with Crippen molar-refractivity contribution in [1.29, 1.82) is 0 Å². The Morgan fingerprint density at radius 1 is 1.50 bits per heavy atom. The molecule has 1 aliphatic carbocycles. The van der Waals surface area contributed by atoms with Crippen LogP contribution >= 0.6 is 0 Å². The van der Waals surface area contributed by atoms with Crippen LogP contribution in [0.2, 0.25) is 25.7 Å². The molecule has 0 radical (unpaired) electrons. The van der Waals surface area contributed by atoms with Gasteiger partial charge in [-0.15, -0.1) is 0 Å². The molecular weight excluding hydrogens is 272 g/mol. The van der Waals surface area contributed by atoms with Gasteiger partial charge in [0.2, 0.25) is 0 Å². The molecule has 1 aromatic heterocycles. The van der Waals surface area contributed by atoms with Crippen molar-refractivity contribution in [3.8, 4) is 0 Å². The van der Waals surface area contributed by atoms with Crippen LogP contribution < -0.4 is 0 Å². The fourth-order valence-electron chi connectivity index (χ4n) is 2.16. The van der Waals surface area contributed by atoms with Gasteiger partial charge in [-0.2, -0.15) is 5.10 Å². The van der Waals surface area contributed by atoms with Crippen molar-refractivity contribution < 1.29 is 14.6 Å². The first-order valence-corrected chi connectivity index (χ1v) is 10.7. The lowest BCUT2D eigenvalue weighted by Crippen LogP contribution is -2.22. The third-order valence-corrected chi connectivity index (χ3v) is 5.05. The predicted molar refractivity (Wildman–Crippen MR) is 80.6 cm³/mol. The Labute approximate surface area is 120 Å². The number of hydrogen-bond acceptors (Lipinski definition) is 3. The zero-order chi connectivity index (χ0) is 14.8. The highest BCUT2D eigenvalue weighted by molar-refractivity contribution is 6.76. The van der Waals surface area contributed by atoms with Gasteiger partial charge in [-0.25, -0.2) is 9.48 Å². The first kappa shape index (κ1) is 15.0. The molecule has 0 bridgehead atoms. The second-order valence-electron chi connectivity index (χ2n) is 6.30. The number of fused-ring (bicyclic) bond motifs is 1. The molecule has 1 aliphatic rings. The molecule has 1 aromatic rings. The molecule has 0 saturated carbocycles. The Morgan fingerprint density at radius 3 is 2.90 bits per heavy atom. The van der Waals surface area contributed by atoms with Crippen LogP contribution in [-0.4, -0.2) is 35.5 Å². The number of carboxylic acids is 1. The molecule has 20 heavy (non-hydrogen) atoms. The molecule has 0 atom stereocenters. The van der Waals surface area contributed by atoms with Gasteiger partial charge in [0.05, 0.1) is 0 Å². The Kier molecular flexibility index (Phi) is 4.44. The maximum atomic E-state index is 11.2. The van der Waals surface area contributed by atoms with Crippen molar-refractivity contribution in [2.45, 2.75) is 45.3 Å². The highest BCUT2D eigenvalue weighted by Gasteiger charge is 2.22. The van der Waals surface area contributed by atoms with Gasteiger partial charge in [0.15, 0.2) is 5.69 Å². The monoisotopic (exact) mass is 294 g/mol. The number of ether oxygens (including phenoxy) is 1. The quantitative estimate of drug-likeness (QED) is 0.647. The van der Waals surface area contributed by atoms with Crippen LogP contribution in [-0.2, 0) is 17.9 Å². The number of hydrogen-bond donors (Lipinski definition) is 1. The van der Waals surface area contributed by atoms with E-state index >= 15 is 0 Å². The van der Waals surface area contributed by atoms with Gasteiger partial charge in [-0.3, -0.25) is 0 Å². The SMILES string of the molecule is C[Si](C)(C)CCOCn1nc(C(=O)O)c2c1CCC=C2. The summed E-state index contributed by atoms with van der Waals surface area (Å²) in [7, 11) is -1.10. The molecule has 0 spiro atoms. The number of nitrogens with zero attached hydrogens (tertiary/aromatic N) is 2. The Morgan fingerprint density at radius 2 is 2.25 bits per heavy atom. The van der Waals surface area contributed by atoms with E-state index < -0.39 is 14.0 Å². The summed E-state index contributed by atoms with van der Waals surface area (Å²) in [4.78, 5) is 11.2. The van der Waals surface area contributed by atoms with Crippen LogP contribution in [0.15, 0.2) is 6.08 Å². The summed E-state index contributed by atoms with van der Waals surface area (Å²) in [5.41, 5.74) is 1.83. The number of carboxylic acid groups (broad SMARTS) is 1. The van der Waals surface area contributed by atoms with Crippen molar-refractivity contribution >= 4 is 20.1 Å². The van der Waals surface area contributed by atoms with E-state index in [9.17, 15) is 9.90 Å². The van der Waals surface area contributed by atoms with Crippen molar-refractivity contribution in [2.24, 2.45) is 0 Å². The van der Waals surface area contributed by atoms with Gasteiger partial charge in [-0.05, 0) is 18.9 Å². The lowest BCUT2D eigenvalue weighted by Gasteiger charge is -2.16. The highest BCUT2D eigenvalue weighted by Crippen LogP contribution is 2.23. The molecule has 0 saturated heterocycles. The topological polar surface area (TPSA) is 64.4 Å². The maximum Gasteiger partial charge on any atom is 0.357 e. The Balaban J connectivity index is 2.05. The molecule has 2 rings (SSSR count). The normalized spacial score (nSPS) is 14.3. The van der Waals surface area contributed by atoms with Crippen molar-refractivity contribution in [3.63, 3.8) is 0 Å². The van der Waals surface area contributed by atoms with E-state index in [0.717, 1.165) is 30.1 Å². The minimum absolute atomic E-state index is 0.129. The summed E-state index contributed by atoms with van der Waals surface area (Å²) in [6.45, 7) is 7.97. The van der Waals surface area contributed by atoms with E-state index in [2.05, 4.69) is 24.7 Å². The van der Waals surface area contributed by atoms with E-state index in [-0.39, 0.29) is 5.69 Å². The van der Waals surface area contributed by atoms with Crippen LogP contribution in [0.3, 0.4) is 0 Å². The first-order valence-electron chi connectivity index (χ1n) is 6.96. The fraction of sp³-hybridized carbons (Fsp3) is 0.571. The van der Waals surface area contributed by atoms with E-state index in [4.69, 9.17) is 4.74 Å². The molecule has 0 aromatic carbocycles. The van der Waals surface area contributed by atoms with E-state index in [1.165, 1.54) is 0 Å². The molecule has 0 fully saturated rings. The van der Waals surface area contributed by atoms with Gasteiger partial charge in [0, 0.05) is 25.9 Å².